The molecule has 4 nitrogen and oxygen atoms in total. The second-order valence-electron chi connectivity index (χ2n) is 4.68. The molecule has 0 aromatic heterocycles. The number of hydrogen-bond acceptors (Lipinski definition) is 4. The first-order chi connectivity index (χ1) is 7.04. The lowest BCUT2D eigenvalue weighted by molar-refractivity contribution is -0.251. The maximum absolute atomic E-state index is 11.7. The normalized spacial score (nSPS) is 25.8. The largest absolute Gasteiger partial charge is 0.422 e. The molecule has 1 spiro atoms. The van der Waals surface area contributed by atoms with Crippen LogP contribution in [-0.2, 0) is 19.1 Å². The van der Waals surface area contributed by atoms with Crippen molar-refractivity contribution >= 4 is 11.9 Å². The van der Waals surface area contributed by atoms with Crippen LogP contribution in [0, 0.1) is 11.8 Å². The number of esters is 2. The van der Waals surface area contributed by atoms with Gasteiger partial charge < -0.3 is 9.47 Å². The zero-order valence-electron chi connectivity index (χ0n) is 9.12. The molecule has 4 heteroatoms. The van der Waals surface area contributed by atoms with Crippen molar-refractivity contribution in [3.05, 3.63) is 0 Å². The van der Waals surface area contributed by atoms with Crippen LogP contribution in [0.5, 0.6) is 0 Å². The third-order valence-electron chi connectivity index (χ3n) is 3.11. The highest BCUT2D eigenvalue weighted by atomic mass is 16.7. The second-order valence-corrected chi connectivity index (χ2v) is 4.68. The molecule has 1 aliphatic carbocycles. The van der Waals surface area contributed by atoms with Gasteiger partial charge in [0.15, 0.2) is 5.92 Å². The first-order valence-corrected chi connectivity index (χ1v) is 5.50. The molecule has 2 fully saturated rings. The Balaban J connectivity index is 2.16. The Kier molecular flexibility index (Phi) is 2.44. The first kappa shape index (κ1) is 10.5. The number of carbonyl (C=O) groups is 2. The fourth-order valence-corrected chi connectivity index (χ4v) is 2.27. The smallest absolute Gasteiger partial charge is 0.323 e. The highest BCUT2D eigenvalue weighted by molar-refractivity contribution is 5.97. The summed E-state index contributed by atoms with van der Waals surface area (Å²) < 4.78 is 10.6. The molecule has 15 heavy (non-hydrogen) atoms. The third kappa shape index (κ3) is 1.73. The molecule has 84 valence electrons. The average Bonchev–Trinajstić information content (AvgIpc) is 2.50. The lowest BCUT2D eigenvalue weighted by Crippen LogP contribution is -2.49. The standard InChI is InChI=1S/C11H16O4/c1-7(2)8-9(12)14-11(15-10(8)13)5-3-4-6-11/h7-8H,3-6H2,1-2H3. The van der Waals surface area contributed by atoms with Gasteiger partial charge in [-0.1, -0.05) is 13.8 Å². The van der Waals surface area contributed by atoms with Crippen molar-refractivity contribution in [1.29, 1.82) is 0 Å². The maximum atomic E-state index is 11.7. The van der Waals surface area contributed by atoms with E-state index in [-0.39, 0.29) is 5.92 Å². The van der Waals surface area contributed by atoms with E-state index < -0.39 is 23.6 Å². The molecule has 1 heterocycles. The van der Waals surface area contributed by atoms with Crippen LogP contribution in [0.1, 0.15) is 39.5 Å². The monoisotopic (exact) mass is 212 g/mol. The minimum atomic E-state index is -0.917. The van der Waals surface area contributed by atoms with Crippen molar-refractivity contribution < 1.29 is 19.1 Å². The molecule has 0 aromatic rings. The SMILES string of the molecule is CC(C)C1C(=O)OC2(CCCC2)OC1=O. The zero-order valence-corrected chi connectivity index (χ0v) is 9.12. The lowest BCUT2D eigenvalue weighted by atomic mass is 9.94. The van der Waals surface area contributed by atoms with Crippen molar-refractivity contribution in [3.63, 3.8) is 0 Å². The molecule has 0 N–H and O–H groups in total. The van der Waals surface area contributed by atoms with Gasteiger partial charge in [0, 0.05) is 12.8 Å². The highest BCUT2D eigenvalue weighted by Gasteiger charge is 2.50. The molecule has 0 unspecified atom stereocenters. The van der Waals surface area contributed by atoms with E-state index >= 15 is 0 Å². The van der Waals surface area contributed by atoms with Crippen LogP contribution in [0.25, 0.3) is 0 Å². The Hall–Kier alpha value is -1.06. The van der Waals surface area contributed by atoms with Crippen LogP contribution in [0.15, 0.2) is 0 Å². The van der Waals surface area contributed by atoms with Gasteiger partial charge in [-0.05, 0) is 18.8 Å². The summed E-state index contributed by atoms with van der Waals surface area (Å²) in [7, 11) is 0. The molecular weight excluding hydrogens is 196 g/mol. The molecular formula is C11H16O4. The summed E-state index contributed by atoms with van der Waals surface area (Å²) in [6, 6.07) is 0. The number of rotatable bonds is 1. The van der Waals surface area contributed by atoms with Gasteiger partial charge in [0.05, 0.1) is 0 Å². The maximum Gasteiger partial charge on any atom is 0.323 e. The summed E-state index contributed by atoms with van der Waals surface area (Å²) in [5.74, 6) is -2.55. The number of carbonyl (C=O) groups excluding carboxylic acids is 2. The minimum absolute atomic E-state index is 0.0660. The number of hydrogen-bond donors (Lipinski definition) is 0. The van der Waals surface area contributed by atoms with Crippen LogP contribution >= 0.6 is 0 Å². The first-order valence-electron chi connectivity index (χ1n) is 5.50. The van der Waals surface area contributed by atoms with Gasteiger partial charge in [0.2, 0.25) is 0 Å². The third-order valence-corrected chi connectivity index (χ3v) is 3.11. The summed E-state index contributed by atoms with van der Waals surface area (Å²) in [5, 5.41) is 0. The van der Waals surface area contributed by atoms with Gasteiger partial charge in [0.1, 0.15) is 0 Å². The second kappa shape index (κ2) is 3.51. The van der Waals surface area contributed by atoms with E-state index in [1.165, 1.54) is 0 Å². The van der Waals surface area contributed by atoms with Crippen LogP contribution in [0.2, 0.25) is 0 Å². The molecule has 1 saturated carbocycles. The van der Waals surface area contributed by atoms with Gasteiger partial charge in [-0.25, -0.2) is 0 Å². The molecule has 2 aliphatic rings. The quantitative estimate of drug-likeness (QED) is 0.489. The summed E-state index contributed by atoms with van der Waals surface area (Å²) >= 11 is 0. The Morgan fingerprint density at radius 3 is 2.00 bits per heavy atom. The summed E-state index contributed by atoms with van der Waals surface area (Å²) in [5.41, 5.74) is 0. The summed E-state index contributed by atoms with van der Waals surface area (Å²) in [6.45, 7) is 3.64. The molecule has 0 atom stereocenters. The molecule has 0 radical (unpaired) electrons. The summed E-state index contributed by atoms with van der Waals surface area (Å²) in [4.78, 5) is 23.4. The van der Waals surface area contributed by atoms with E-state index in [0.29, 0.717) is 12.8 Å². The fraction of sp³-hybridized carbons (Fsp3) is 0.818. The van der Waals surface area contributed by atoms with Crippen molar-refractivity contribution in [2.24, 2.45) is 11.8 Å². The highest BCUT2D eigenvalue weighted by Crippen LogP contribution is 2.39. The van der Waals surface area contributed by atoms with Crippen LogP contribution < -0.4 is 0 Å². The number of ether oxygens (including phenoxy) is 2. The average molecular weight is 212 g/mol. The fourth-order valence-electron chi connectivity index (χ4n) is 2.27. The van der Waals surface area contributed by atoms with Crippen LogP contribution in [-0.4, -0.2) is 17.7 Å². The van der Waals surface area contributed by atoms with Gasteiger partial charge in [-0.3, -0.25) is 9.59 Å². The topological polar surface area (TPSA) is 52.6 Å². The predicted molar refractivity (Wildman–Crippen MR) is 51.7 cm³/mol. The van der Waals surface area contributed by atoms with Gasteiger partial charge in [-0.2, -0.15) is 0 Å². The van der Waals surface area contributed by atoms with E-state index in [2.05, 4.69) is 0 Å². The van der Waals surface area contributed by atoms with E-state index in [9.17, 15) is 9.59 Å². The zero-order chi connectivity index (χ0) is 11.1. The predicted octanol–water partition coefficient (Wildman–Crippen LogP) is 1.63. The van der Waals surface area contributed by atoms with Crippen molar-refractivity contribution in [2.75, 3.05) is 0 Å². The Morgan fingerprint density at radius 2 is 1.60 bits per heavy atom. The van der Waals surface area contributed by atoms with Crippen LogP contribution in [0.4, 0.5) is 0 Å². The van der Waals surface area contributed by atoms with Crippen molar-refractivity contribution in [1.82, 2.24) is 0 Å². The molecule has 0 amide bonds. The van der Waals surface area contributed by atoms with E-state index in [4.69, 9.17) is 9.47 Å². The Morgan fingerprint density at radius 1 is 1.13 bits per heavy atom. The molecule has 2 rings (SSSR count). The van der Waals surface area contributed by atoms with Crippen LogP contribution in [0.3, 0.4) is 0 Å². The molecule has 0 bridgehead atoms. The molecule has 0 aromatic carbocycles. The summed E-state index contributed by atoms with van der Waals surface area (Å²) in [6.07, 6.45) is 3.20. The lowest BCUT2D eigenvalue weighted by Gasteiger charge is -2.36. The van der Waals surface area contributed by atoms with Gasteiger partial charge >= 0.3 is 11.9 Å². The van der Waals surface area contributed by atoms with E-state index in [0.717, 1.165) is 12.8 Å². The van der Waals surface area contributed by atoms with E-state index in [1.54, 1.807) is 0 Å². The van der Waals surface area contributed by atoms with E-state index in [1.807, 2.05) is 13.8 Å². The van der Waals surface area contributed by atoms with Crippen molar-refractivity contribution in [3.8, 4) is 0 Å². The Bertz CT molecular complexity index is 269. The van der Waals surface area contributed by atoms with Gasteiger partial charge in [-0.15, -0.1) is 0 Å². The Labute approximate surface area is 88.9 Å². The minimum Gasteiger partial charge on any atom is -0.422 e. The molecule has 1 saturated heterocycles. The molecule has 1 aliphatic heterocycles. The van der Waals surface area contributed by atoms with Gasteiger partial charge in [0.25, 0.3) is 5.79 Å². The van der Waals surface area contributed by atoms with Crippen molar-refractivity contribution in [2.45, 2.75) is 45.3 Å².